The number of carbonyl (C=O) groups excluding carboxylic acids is 1. The van der Waals surface area contributed by atoms with Crippen LogP contribution in [-0.2, 0) is 25.1 Å². The molecule has 1 aromatic carbocycles. The summed E-state index contributed by atoms with van der Waals surface area (Å²) in [6, 6.07) is 5.66. The standard InChI is InChI=1S/C15H20FNO4S/c1-11(15(18)17-9-13-6-4-8-21-13)22(19,20)10-12-5-2-3-7-14(12)16/h2-3,5,7,11,13H,4,6,8-10H2,1H3,(H,17,18)/t11-,13-/m1/s1. The Morgan fingerprint density at radius 2 is 2.18 bits per heavy atom. The van der Waals surface area contributed by atoms with Crippen molar-refractivity contribution in [2.45, 2.75) is 36.9 Å². The molecule has 1 aromatic rings. The van der Waals surface area contributed by atoms with Gasteiger partial charge in [-0.1, -0.05) is 18.2 Å². The highest BCUT2D eigenvalue weighted by Crippen LogP contribution is 2.15. The molecule has 5 nitrogen and oxygen atoms in total. The van der Waals surface area contributed by atoms with Crippen molar-refractivity contribution in [1.82, 2.24) is 5.32 Å². The number of carbonyl (C=O) groups is 1. The zero-order valence-electron chi connectivity index (χ0n) is 12.4. The van der Waals surface area contributed by atoms with Crippen molar-refractivity contribution < 1.29 is 22.3 Å². The molecule has 0 spiro atoms. The number of amides is 1. The van der Waals surface area contributed by atoms with Crippen LogP contribution in [0.15, 0.2) is 24.3 Å². The van der Waals surface area contributed by atoms with Crippen molar-refractivity contribution in [2.24, 2.45) is 0 Å². The van der Waals surface area contributed by atoms with E-state index in [9.17, 15) is 17.6 Å². The zero-order chi connectivity index (χ0) is 16.2. The Kier molecular flexibility index (Phi) is 5.52. The van der Waals surface area contributed by atoms with Gasteiger partial charge in [0.25, 0.3) is 0 Å². The molecule has 0 bridgehead atoms. The largest absolute Gasteiger partial charge is 0.376 e. The van der Waals surface area contributed by atoms with Crippen molar-refractivity contribution >= 4 is 15.7 Å². The fraction of sp³-hybridized carbons (Fsp3) is 0.533. The van der Waals surface area contributed by atoms with Crippen LogP contribution >= 0.6 is 0 Å². The lowest BCUT2D eigenvalue weighted by Crippen LogP contribution is -2.41. The van der Waals surface area contributed by atoms with Gasteiger partial charge in [-0.05, 0) is 25.8 Å². The number of benzene rings is 1. The lowest BCUT2D eigenvalue weighted by Gasteiger charge is -2.15. The average molecular weight is 329 g/mol. The minimum Gasteiger partial charge on any atom is -0.376 e. The fourth-order valence-electron chi connectivity index (χ4n) is 2.28. The highest BCUT2D eigenvalue weighted by molar-refractivity contribution is 7.92. The molecular weight excluding hydrogens is 309 g/mol. The summed E-state index contributed by atoms with van der Waals surface area (Å²) in [7, 11) is -3.77. The van der Waals surface area contributed by atoms with Crippen molar-refractivity contribution in [3.05, 3.63) is 35.6 Å². The predicted molar refractivity (Wildman–Crippen MR) is 80.5 cm³/mol. The average Bonchev–Trinajstić information content (AvgIpc) is 2.99. The van der Waals surface area contributed by atoms with Gasteiger partial charge in [0.05, 0.1) is 11.9 Å². The SMILES string of the molecule is C[C@H](C(=O)NC[C@H]1CCCO1)S(=O)(=O)Cc1ccccc1F. The van der Waals surface area contributed by atoms with Gasteiger partial charge in [-0.15, -0.1) is 0 Å². The van der Waals surface area contributed by atoms with Gasteiger partial charge < -0.3 is 10.1 Å². The normalized spacial score (nSPS) is 19.8. The Balaban J connectivity index is 1.95. The first-order chi connectivity index (χ1) is 10.4. The van der Waals surface area contributed by atoms with Crippen molar-refractivity contribution in [3.63, 3.8) is 0 Å². The zero-order valence-corrected chi connectivity index (χ0v) is 13.2. The van der Waals surface area contributed by atoms with Crippen LogP contribution < -0.4 is 5.32 Å². The Morgan fingerprint density at radius 1 is 1.45 bits per heavy atom. The summed E-state index contributed by atoms with van der Waals surface area (Å²) in [6.45, 7) is 2.29. The van der Waals surface area contributed by atoms with E-state index in [2.05, 4.69) is 5.32 Å². The van der Waals surface area contributed by atoms with E-state index in [0.717, 1.165) is 12.8 Å². The molecule has 1 heterocycles. The van der Waals surface area contributed by atoms with E-state index in [1.807, 2.05) is 0 Å². The van der Waals surface area contributed by atoms with E-state index in [1.165, 1.54) is 25.1 Å². The van der Waals surface area contributed by atoms with Crippen molar-refractivity contribution in [2.75, 3.05) is 13.2 Å². The Bertz CT molecular complexity index is 626. The van der Waals surface area contributed by atoms with Gasteiger partial charge in [-0.2, -0.15) is 0 Å². The number of halogens is 1. The van der Waals surface area contributed by atoms with Gasteiger partial charge in [0.15, 0.2) is 9.84 Å². The summed E-state index contributed by atoms with van der Waals surface area (Å²) in [4.78, 5) is 12.0. The highest BCUT2D eigenvalue weighted by atomic mass is 32.2. The second kappa shape index (κ2) is 7.19. The third kappa shape index (κ3) is 4.27. The predicted octanol–water partition coefficient (Wildman–Crippen LogP) is 1.42. The molecule has 1 amide bonds. The maximum absolute atomic E-state index is 13.6. The summed E-state index contributed by atoms with van der Waals surface area (Å²) in [5, 5.41) is 1.37. The Morgan fingerprint density at radius 3 is 2.82 bits per heavy atom. The molecule has 22 heavy (non-hydrogen) atoms. The number of hydrogen-bond acceptors (Lipinski definition) is 4. The van der Waals surface area contributed by atoms with Gasteiger partial charge in [-0.3, -0.25) is 4.79 Å². The third-order valence-electron chi connectivity index (χ3n) is 3.75. The van der Waals surface area contributed by atoms with Crippen LogP contribution in [0.1, 0.15) is 25.3 Å². The molecule has 2 rings (SSSR count). The van der Waals surface area contributed by atoms with E-state index < -0.39 is 32.6 Å². The highest BCUT2D eigenvalue weighted by Gasteiger charge is 2.29. The van der Waals surface area contributed by atoms with Gasteiger partial charge in [0, 0.05) is 18.7 Å². The summed E-state index contributed by atoms with van der Waals surface area (Å²) in [6.07, 6.45) is 1.75. The van der Waals surface area contributed by atoms with Crippen LogP contribution in [0.2, 0.25) is 0 Å². The van der Waals surface area contributed by atoms with Gasteiger partial charge in [-0.25, -0.2) is 12.8 Å². The number of rotatable bonds is 6. The third-order valence-corrected chi connectivity index (χ3v) is 5.76. The van der Waals surface area contributed by atoms with E-state index >= 15 is 0 Å². The van der Waals surface area contributed by atoms with E-state index in [4.69, 9.17) is 4.74 Å². The first kappa shape index (κ1) is 16.9. The molecule has 0 unspecified atom stereocenters. The molecule has 1 saturated heterocycles. The topological polar surface area (TPSA) is 72.5 Å². The van der Waals surface area contributed by atoms with Crippen LogP contribution in [0.5, 0.6) is 0 Å². The van der Waals surface area contributed by atoms with Gasteiger partial charge in [0.2, 0.25) is 5.91 Å². The molecular formula is C15H20FNO4S. The van der Waals surface area contributed by atoms with Crippen LogP contribution in [0, 0.1) is 5.82 Å². The smallest absolute Gasteiger partial charge is 0.238 e. The number of ether oxygens (including phenoxy) is 1. The van der Waals surface area contributed by atoms with Crippen molar-refractivity contribution in [1.29, 1.82) is 0 Å². The Labute approximate surface area is 129 Å². The summed E-state index contributed by atoms with van der Waals surface area (Å²) in [5.74, 6) is -1.65. The number of sulfone groups is 1. The quantitative estimate of drug-likeness (QED) is 0.857. The van der Waals surface area contributed by atoms with E-state index in [1.54, 1.807) is 6.07 Å². The van der Waals surface area contributed by atoms with Crippen molar-refractivity contribution in [3.8, 4) is 0 Å². The van der Waals surface area contributed by atoms with E-state index in [0.29, 0.717) is 13.2 Å². The number of nitrogens with one attached hydrogen (secondary N) is 1. The molecule has 2 atom stereocenters. The molecule has 0 aliphatic carbocycles. The van der Waals surface area contributed by atoms with Crippen LogP contribution in [0.25, 0.3) is 0 Å². The number of hydrogen-bond donors (Lipinski definition) is 1. The second-order valence-electron chi connectivity index (χ2n) is 5.42. The molecule has 1 aliphatic heterocycles. The van der Waals surface area contributed by atoms with Crippen LogP contribution in [0.3, 0.4) is 0 Å². The Hall–Kier alpha value is -1.47. The molecule has 0 aromatic heterocycles. The first-order valence-electron chi connectivity index (χ1n) is 7.24. The van der Waals surface area contributed by atoms with E-state index in [-0.39, 0.29) is 11.7 Å². The lowest BCUT2D eigenvalue weighted by molar-refractivity contribution is -0.120. The molecule has 1 fully saturated rings. The monoisotopic (exact) mass is 329 g/mol. The molecule has 122 valence electrons. The summed E-state index contributed by atoms with van der Waals surface area (Å²) in [5.41, 5.74) is 0.0706. The summed E-state index contributed by atoms with van der Waals surface area (Å²) >= 11 is 0. The second-order valence-corrected chi connectivity index (χ2v) is 7.74. The molecule has 7 heteroatoms. The fourth-order valence-corrected chi connectivity index (χ4v) is 3.61. The minimum atomic E-state index is -3.77. The molecule has 1 N–H and O–H groups in total. The maximum Gasteiger partial charge on any atom is 0.238 e. The molecule has 0 saturated carbocycles. The maximum atomic E-state index is 13.6. The molecule has 1 aliphatic rings. The minimum absolute atomic E-state index is 0.0505. The van der Waals surface area contributed by atoms with Crippen LogP contribution in [0.4, 0.5) is 4.39 Å². The summed E-state index contributed by atoms with van der Waals surface area (Å²) < 4.78 is 43.4. The van der Waals surface area contributed by atoms with Gasteiger partial charge >= 0.3 is 0 Å². The van der Waals surface area contributed by atoms with Gasteiger partial charge in [0.1, 0.15) is 11.1 Å². The first-order valence-corrected chi connectivity index (χ1v) is 8.96. The van der Waals surface area contributed by atoms with Crippen LogP contribution in [-0.4, -0.2) is 38.8 Å². The molecule has 0 radical (unpaired) electrons. The lowest BCUT2D eigenvalue weighted by atomic mass is 10.2.